The molecule has 9 heteroatoms. The van der Waals surface area contributed by atoms with Crippen LogP contribution in [0.5, 0.6) is 0 Å². The van der Waals surface area contributed by atoms with Crippen LogP contribution in [-0.4, -0.2) is 71.3 Å². The Morgan fingerprint density at radius 1 is 1.26 bits per heavy atom. The Kier molecular flexibility index (Phi) is 12.5. The highest BCUT2D eigenvalue weighted by molar-refractivity contribution is 14.0. The average molecular weight is 550 g/mol. The third-order valence-corrected chi connectivity index (χ3v) is 5.21. The molecule has 31 heavy (non-hydrogen) atoms. The van der Waals surface area contributed by atoms with Crippen molar-refractivity contribution in [1.29, 1.82) is 0 Å². The van der Waals surface area contributed by atoms with E-state index in [1.807, 2.05) is 24.0 Å². The third-order valence-electron chi connectivity index (χ3n) is 5.21. The molecule has 0 saturated carbocycles. The summed E-state index contributed by atoms with van der Waals surface area (Å²) in [6.45, 7) is 8.95. The molecule has 2 saturated heterocycles. The van der Waals surface area contributed by atoms with Crippen LogP contribution in [-0.2, 0) is 20.8 Å². The van der Waals surface area contributed by atoms with Crippen LogP contribution in [0.15, 0.2) is 23.2 Å². The largest absolute Gasteiger partial charge is 0.379 e. The van der Waals surface area contributed by atoms with Gasteiger partial charge in [-0.3, -0.25) is 0 Å². The van der Waals surface area contributed by atoms with Gasteiger partial charge in [0.05, 0.1) is 38.2 Å². The van der Waals surface area contributed by atoms with Crippen molar-refractivity contribution < 1.29 is 18.6 Å². The van der Waals surface area contributed by atoms with Crippen LogP contribution in [0, 0.1) is 5.82 Å². The molecule has 0 bridgehead atoms. The quantitative estimate of drug-likeness (QED) is 0.202. The second-order valence-electron chi connectivity index (χ2n) is 7.57. The Hall–Kier alpha value is -1.17. The van der Waals surface area contributed by atoms with Crippen LogP contribution in [0.4, 0.5) is 10.1 Å². The van der Waals surface area contributed by atoms with Gasteiger partial charge in [-0.2, -0.15) is 0 Å². The Balaban J connectivity index is 0.00000341. The summed E-state index contributed by atoms with van der Waals surface area (Å²) in [4.78, 5) is 6.61. The molecular formula is C22H36FIN4O3. The van der Waals surface area contributed by atoms with Crippen molar-refractivity contribution in [1.82, 2.24) is 10.6 Å². The number of nitrogens with one attached hydrogen (secondary N) is 2. The molecule has 2 heterocycles. The van der Waals surface area contributed by atoms with E-state index in [1.165, 1.54) is 0 Å². The second kappa shape index (κ2) is 14.8. The lowest BCUT2D eigenvalue weighted by atomic mass is 10.1. The number of benzene rings is 1. The van der Waals surface area contributed by atoms with E-state index in [-0.39, 0.29) is 35.9 Å². The van der Waals surface area contributed by atoms with Crippen molar-refractivity contribution >= 4 is 35.6 Å². The molecule has 0 aromatic heterocycles. The summed E-state index contributed by atoms with van der Waals surface area (Å²) in [7, 11) is 0. The number of ether oxygens (including phenoxy) is 3. The molecule has 0 radical (unpaired) electrons. The molecule has 1 unspecified atom stereocenters. The van der Waals surface area contributed by atoms with Gasteiger partial charge in [0.15, 0.2) is 5.96 Å². The van der Waals surface area contributed by atoms with E-state index in [2.05, 4.69) is 15.6 Å². The minimum atomic E-state index is -0.203. The number of nitrogens with zero attached hydrogens (tertiary/aromatic N) is 2. The first kappa shape index (κ1) is 26.1. The lowest BCUT2D eigenvalue weighted by Gasteiger charge is -2.29. The molecular weight excluding hydrogens is 514 g/mol. The predicted octanol–water partition coefficient (Wildman–Crippen LogP) is 2.92. The molecule has 1 atom stereocenters. The van der Waals surface area contributed by atoms with E-state index < -0.39 is 0 Å². The van der Waals surface area contributed by atoms with Gasteiger partial charge in [0.2, 0.25) is 0 Å². The average Bonchev–Trinajstić information content (AvgIpc) is 3.28. The van der Waals surface area contributed by atoms with Gasteiger partial charge in [0, 0.05) is 39.4 Å². The number of guanidine groups is 1. The summed E-state index contributed by atoms with van der Waals surface area (Å²) in [6.07, 6.45) is 3.40. The lowest BCUT2D eigenvalue weighted by Crippen LogP contribution is -2.38. The van der Waals surface area contributed by atoms with E-state index in [4.69, 9.17) is 14.2 Å². The zero-order valence-electron chi connectivity index (χ0n) is 18.4. The van der Waals surface area contributed by atoms with E-state index in [9.17, 15) is 4.39 Å². The molecule has 176 valence electrons. The van der Waals surface area contributed by atoms with Gasteiger partial charge in [0.1, 0.15) is 5.82 Å². The predicted molar refractivity (Wildman–Crippen MR) is 132 cm³/mol. The number of halogens is 2. The monoisotopic (exact) mass is 550 g/mol. The van der Waals surface area contributed by atoms with E-state index >= 15 is 0 Å². The minimum absolute atomic E-state index is 0. The fraction of sp³-hybridized carbons (Fsp3) is 0.682. The maximum atomic E-state index is 14.6. The van der Waals surface area contributed by atoms with E-state index in [1.54, 1.807) is 6.07 Å². The highest BCUT2D eigenvalue weighted by atomic mass is 127. The Bertz CT molecular complexity index is 668. The van der Waals surface area contributed by atoms with Gasteiger partial charge < -0.3 is 29.7 Å². The fourth-order valence-electron chi connectivity index (χ4n) is 3.59. The van der Waals surface area contributed by atoms with Crippen LogP contribution >= 0.6 is 24.0 Å². The Morgan fingerprint density at radius 3 is 2.81 bits per heavy atom. The molecule has 2 aliphatic rings. The number of morpholine rings is 1. The highest BCUT2D eigenvalue weighted by Crippen LogP contribution is 2.22. The molecule has 3 rings (SSSR count). The molecule has 2 N–H and O–H groups in total. The normalized spacial score (nSPS) is 19.2. The number of hydrogen-bond donors (Lipinski definition) is 2. The zero-order chi connectivity index (χ0) is 21.0. The third kappa shape index (κ3) is 9.07. The van der Waals surface area contributed by atoms with Gasteiger partial charge in [-0.1, -0.05) is 6.07 Å². The number of hydrogen-bond acceptors (Lipinski definition) is 5. The van der Waals surface area contributed by atoms with Crippen molar-refractivity contribution in [3.05, 3.63) is 29.6 Å². The van der Waals surface area contributed by atoms with Gasteiger partial charge in [-0.05, 0) is 43.9 Å². The molecule has 7 nitrogen and oxygen atoms in total. The standard InChI is InChI=1S/C22H35FN4O3.HI/c1-2-24-22(25-8-4-11-29-17-19-5-3-12-30-19)26-16-18-6-7-21(20(23)15-18)27-9-13-28-14-10-27;/h6-7,15,19H,2-5,8-14,16-17H2,1H3,(H2,24,25,26);1H. The van der Waals surface area contributed by atoms with Crippen LogP contribution in [0.25, 0.3) is 0 Å². The number of rotatable bonds is 10. The number of anilines is 1. The Morgan fingerprint density at radius 2 is 2.10 bits per heavy atom. The summed E-state index contributed by atoms with van der Waals surface area (Å²) >= 11 is 0. The molecule has 2 aliphatic heterocycles. The van der Waals surface area contributed by atoms with Crippen molar-refractivity contribution in [3.8, 4) is 0 Å². The summed E-state index contributed by atoms with van der Waals surface area (Å²) in [6, 6.07) is 5.37. The van der Waals surface area contributed by atoms with Crippen molar-refractivity contribution in [3.63, 3.8) is 0 Å². The summed E-state index contributed by atoms with van der Waals surface area (Å²) < 4.78 is 31.1. The highest BCUT2D eigenvalue weighted by Gasteiger charge is 2.16. The topological polar surface area (TPSA) is 67.4 Å². The molecule has 0 spiro atoms. The smallest absolute Gasteiger partial charge is 0.191 e. The van der Waals surface area contributed by atoms with Gasteiger partial charge in [-0.15, -0.1) is 24.0 Å². The summed E-state index contributed by atoms with van der Waals surface area (Å²) in [5.74, 6) is 0.528. The minimum Gasteiger partial charge on any atom is -0.379 e. The van der Waals surface area contributed by atoms with Crippen LogP contribution < -0.4 is 15.5 Å². The molecule has 0 aliphatic carbocycles. The summed E-state index contributed by atoms with van der Waals surface area (Å²) in [5.41, 5.74) is 1.49. The maximum Gasteiger partial charge on any atom is 0.191 e. The van der Waals surface area contributed by atoms with Crippen molar-refractivity contribution in [2.24, 2.45) is 4.99 Å². The van der Waals surface area contributed by atoms with E-state index in [0.29, 0.717) is 38.7 Å². The molecule has 1 aromatic rings. The van der Waals surface area contributed by atoms with Crippen LogP contribution in [0.2, 0.25) is 0 Å². The van der Waals surface area contributed by atoms with Crippen molar-refractivity contribution in [2.75, 3.05) is 64.1 Å². The molecule has 0 amide bonds. The van der Waals surface area contributed by atoms with Gasteiger partial charge >= 0.3 is 0 Å². The van der Waals surface area contributed by atoms with Gasteiger partial charge in [-0.25, -0.2) is 9.38 Å². The van der Waals surface area contributed by atoms with E-state index in [0.717, 1.165) is 63.6 Å². The number of aliphatic imine (C=N–C) groups is 1. The lowest BCUT2D eigenvalue weighted by molar-refractivity contribution is 0.0168. The van der Waals surface area contributed by atoms with Crippen LogP contribution in [0.1, 0.15) is 31.7 Å². The van der Waals surface area contributed by atoms with Crippen molar-refractivity contribution in [2.45, 2.75) is 38.8 Å². The SMILES string of the molecule is CCNC(=NCc1ccc(N2CCOCC2)c(F)c1)NCCCOCC1CCCO1.I. The second-order valence-corrected chi connectivity index (χ2v) is 7.57. The molecule has 1 aromatic carbocycles. The zero-order valence-corrected chi connectivity index (χ0v) is 20.7. The first-order valence-electron chi connectivity index (χ1n) is 11.1. The Labute approximate surface area is 202 Å². The summed E-state index contributed by atoms with van der Waals surface area (Å²) in [5, 5.41) is 6.54. The molecule has 2 fully saturated rings. The van der Waals surface area contributed by atoms with Gasteiger partial charge in [0.25, 0.3) is 0 Å². The first-order chi connectivity index (χ1) is 14.8. The van der Waals surface area contributed by atoms with Crippen LogP contribution in [0.3, 0.4) is 0 Å². The first-order valence-corrected chi connectivity index (χ1v) is 11.1. The maximum absolute atomic E-state index is 14.6. The fourth-order valence-corrected chi connectivity index (χ4v) is 3.59.